The minimum absolute atomic E-state index is 0. The van der Waals surface area contributed by atoms with E-state index in [0.29, 0.717) is 20.5 Å². The Bertz CT molecular complexity index is 708. The normalized spacial score (nSPS) is 14.8. The summed E-state index contributed by atoms with van der Waals surface area (Å²) >= 11 is 0. The molecule has 0 saturated carbocycles. The van der Waals surface area contributed by atoms with Crippen molar-refractivity contribution in [2.45, 2.75) is 18.9 Å². The van der Waals surface area contributed by atoms with Crippen LogP contribution in [0.2, 0.25) is 0 Å². The van der Waals surface area contributed by atoms with Gasteiger partial charge in [-0.3, -0.25) is 0 Å². The Labute approximate surface area is 124 Å². The van der Waals surface area contributed by atoms with Gasteiger partial charge >= 0.3 is 5.51 Å². The predicted molar refractivity (Wildman–Crippen MR) is 74.2 cm³/mol. The molecule has 1 aliphatic rings. The van der Waals surface area contributed by atoms with Gasteiger partial charge in [0, 0.05) is 23.1 Å². The third-order valence-corrected chi connectivity index (χ3v) is 5.33. The molecule has 0 radical (unpaired) electrons. The number of hydrogen-bond acceptors (Lipinski definition) is 0. The van der Waals surface area contributed by atoms with Crippen LogP contribution in [0.3, 0.4) is 0 Å². The van der Waals surface area contributed by atoms with E-state index in [4.69, 9.17) is 0 Å². The molecule has 1 aliphatic carbocycles. The highest BCUT2D eigenvalue weighted by Crippen LogP contribution is 2.53. The number of rotatable bonds is 2. The fourth-order valence-electron chi connectivity index (χ4n) is 2.22. The minimum atomic E-state index is -4.21. The highest BCUT2D eigenvalue weighted by molar-refractivity contribution is 7.39. The maximum Gasteiger partial charge on any atom is 0.601 e. The van der Waals surface area contributed by atoms with Gasteiger partial charge in [-0.05, 0) is 30.2 Å². The molecular weight excluding hydrogens is 305 g/mol. The molecule has 1 heterocycles. The van der Waals surface area contributed by atoms with E-state index in [1.54, 1.807) is 36.4 Å². The minimum Gasteiger partial charge on any atom is -1.00 e. The molecule has 0 amide bonds. The number of halogens is 4. The van der Waals surface area contributed by atoms with Crippen molar-refractivity contribution in [1.82, 2.24) is 0 Å². The van der Waals surface area contributed by atoms with Crippen LogP contribution in [0.4, 0.5) is 13.2 Å². The lowest BCUT2D eigenvalue weighted by atomic mass is 10.1. The molecule has 0 fully saturated rings. The Morgan fingerprint density at radius 1 is 1.15 bits per heavy atom. The average molecular weight is 317 g/mol. The first-order valence-corrected chi connectivity index (χ1v) is 7.27. The van der Waals surface area contributed by atoms with Crippen molar-refractivity contribution in [2.24, 2.45) is 0 Å². The van der Waals surface area contributed by atoms with Gasteiger partial charge in [-0.1, -0.05) is 19.1 Å². The Hall–Kier alpha value is -1.26. The standard InChI is InChI=1S/C15H12F3S.ClH/c1-2-10-6-7-12-9-14(11-4-3-5-11)19(13(12)8-10)15(16,17)18;/h3-9H,2H2,1H3;1H/q+1;/p-1. The highest BCUT2D eigenvalue weighted by atomic mass is 35.5. The second-order valence-electron chi connectivity index (χ2n) is 4.47. The number of thiophene rings is 1. The average Bonchev–Trinajstić information content (AvgIpc) is 2.63. The van der Waals surface area contributed by atoms with Crippen LogP contribution in [0.15, 0.2) is 42.5 Å². The zero-order valence-corrected chi connectivity index (χ0v) is 12.2. The zero-order chi connectivity index (χ0) is 13.6. The van der Waals surface area contributed by atoms with E-state index in [2.05, 4.69) is 0 Å². The number of allylic oxidation sites excluding steroid dienone is 4. The van der Waals surface area contributed by atoms with E-state index in [1.807, 2.05) is 13.0 Å². The summed E-state index contributed by atoms with van der Waals surface area (Å²) in [5.74, 6) is 0. The molecule has 1 atom stereocenters. The molecule has 20 heavy (non-hydrogen) atoms. The summed E-state index contributed by atoms with van der Waals surface area (Å²) in [6.45, 7) is 1.95. The van der Waals surface area contributed by atoms with Gasteiger partial charge in [0.15, 0.2) is 9.58 Å². The predicted octanol–water partition coefficient (Wildman–Crippen LogP) is 2.58. The third-order valence-electron chi connectivity index (χ3n) is 3.28. The Kier molecular flexibility index (Phi) is 3.98. The summed E-state index contributed by atoms with van der Waals surface area (Å²) in [5, 5.41) is 0.703. The maximum absolute atomic E-state index is 13.4. The summed E-state index contributed by atoms with van der Waals surface area (Å²) in [5.41, 5.74) is -2.56. The van der Waals surface area contributed by atoms with Gasteiger partial charge in [-0.2, -0.15) is 0 Å². The van der Waals surface area contributed by atoms with E-state index < -0.39 is 16.0 Å². The fraction of sp³-hybridized carbons (Fsp3) is 0.200. The monoisotopic (exact) mass is 316 g/mol. The molecule has 2 aromatic rings. The summed E-state index contributed by atoms with van der Waals surface area (Å²) < 4.78 is 40.5. The third kappa shape index (κ3) is 2.38. The smallest absolute Gasteiger partial charge is 0.601 e. The number of aryl methyl sites for hydroxylation is 1. The van der Waals surface area contributed by atoms with Crippen molar-refractivity contribution in [3.05, 3.63) is 52.9 Å². The van der Waals surface area contributed by atoms with Crippen LogP contribution in [0, 0.1) is 0 Å². The van der Waals surface area contributed by atoms with Crippen molar-refractivity contribution < 1.29 is 25.6 Å². The molecular formula is C15H12ClF3S. The van der Waals surface area contributed by atoms with Crippen molar-refractivity contribution in [3.8, 4) is 0 Å². The lowest BCUT2D eigenvalue weighted by molar-refractivity contribution is -0.0866. The molecule has 106 valence electrons. The second kappa shape index (κ2) is 5.26. The molecule has 5 heteroatoms. The van der Waals surface area contributed by atoms with Gasteiger partial charge in [0.25, 0.3) is 0 Å². The maximum atomic E-state index is 13.4. The summed E-state index contributed by atoms with van der Waals surface area (Å²) in [6, 6.07) is 7.09. The van der Waals surface area contributed by atoms with Gasteiger partial charge in [-0.15, -0.1) is 13.2 Å². The Morgan fingerprint density at radius 3 is 2.35 bits per heavy atom. The van der Waals surface area contributed by atoms with Gasteiger partial charge in [0.1, 0.15) is 10.5 Å². The van der Waals surface area contributed by atoms with Crippen LogP contribution in [0.25, 0.3) is 15.7 Å². The van der Waals surface area contributed by atoms with Crippen LogP contribution in [0.5, 0.6) is 0 Å². The van der Waals surface area contributed by atoms with E-state index in [9.17, 15) is 13.2 Å². The van der Waals surface area contributed by atoms with Crippen LogP contribution in [0.1, 0.15) is 17.4 Å². The lowest BCUT2D eigenvalue weighted by Crippen LogP contribution is -3.00. The largest absolute Gasteiger partial charge is 1.00 e. The van der Waals surface area contributed by atoms with E-state index in [1.165, 1.54) is 0 Å². The topological polar surface area (TPSA) is 0 Å². The van der Waals surface area contributed by atoms with Gasteiger partial charge in [0.2, 0.25) is 0 Å². The first-order valence-electron chi connectivity index (χ1n) is 6.05. The van der Waals surface area contributed by atoms with E-state index >= 15 is 0 Å². The Morgan fingerprint density at radius 2 is 1.85 bits per heavy atom. The quantitative estimate of drug-likeness (QED) is 0.747. The van der Waals surface area contributed by atoms with Gasteiger partial charge in [-0.25, -0.2) is 0 Å². The Balaban J connectivity index is 0.00000147. The highest BCUT2D eigenvalue weighted by Gasteiger charge is 2.48. The summed E-state index contributed by atoms with van der Waals surface area (Å²) in [7, 11) is -1.81. The molecule has 0 N–H and O–H groups in total. The van der Waals surface area contributed by atoms with E-state index in [0.717, 1.165) is 12.0 Å². The fourth-order valence-corrected chi connectivity index (χ4v) is 4.20. The first-order chi connectivity index (χ1) is 9.00. The molecule has 0 aliphatic heterocycles. The lowest BCUT2D eigenvalue weighted by Gasteiger charge is -2.04. The van der Waals surface area contributed by atoms with Crippen LogP contribution in [-0.4, -0.2) is 0 Å². The van der Waals surface area contributed by atoms with Crippen LogP contribution >= 0.6 is 10.5 Å². The van der Waals surface area contributed by atoms with Crippen molar-refractivity contribution in [1.29, 1.82) is 0 Å². The molecule has 1 unspecified atom stereocenters. The molecule has 0 spiro atoms. The molecule has 0 bridgehead atoms. The molecule has 0 nitrogen and oxygen atoms in total. The number of alkyl halides is 3. The van der Waals surface area contributed by atoms with Crippen molar-refractivity contribution in [2.75, 3.05) is 0 Å². The van der Waals surface area contributed by atoms with Crippen molar-refractivity contribution >= 4 is 26.1 Å². The number of hydrogen-bond donors (Lipinski definition) is 0. The summed E-state index contributed by atoms with van der Waals surface area (Å²) in [4.78, 5) is 0.401. The molecule has 1 aromatic carbocycles. The molecule has 3 rings (SSSR count). The van der Waals surface area contributed by atoms with Gasteiger partial charge < -0.3 is 12.4 Å². The summed E-state index contributed by atoms with van der Waals surface area (Å²) in [6.07, 6.45) is 6.00. The first kappa shape index (κ1) is 15.1. The number of fused-ring (bicyclic) bond motifs is 1. The van der Waals surface area contributed by atoms with E-state index in [-0.39, 0.29) is 12.4 Å². The van der Waals surface area contributed by atoms with Crippen LogP contribution < -0.4 is 12.4 Å². The SMILES string of the molecule is CCc1ccc2cc(C3=CC=C3)[s+](C(F)(F)F)c2c1.[Cl-]. The second-order valence-corrected chi connectivity index (χ2v) is 6.42. The van der Waals surface area contributed by atoms with Crippen LogP contribution in [-0.2, 0) is 11.9 Å². The van der Waals surface area contributed by atoms with Crippen molar-refractivity contribution in [3.63, 3.8) is 0 Å². The van der Waals surface area contributed by atoms with Gasteiger partial charge in [0.05, 0.1) is 0 Å². The molecule has 1 aromatic heterocycles. The number of benzene rings is 1. The zero-order valence-electron chi connectivity index (χ0n) is 10.7. The molecule has 0 saturated heterocycles.